The lowest BCUT2D eigenvalue weighted by Crippen LogP contribution is -2.22. The van der Waals surface area contributed by atoms with E-state index in [2.05, 4.69) is 39.8 Å². The quantitative estimate of drug-likeness (QED) is 0.784. The van der Waals surface area contributed by atoms with Gasteiger partial charge in [0.1, 0.15) is 5.75 Å². The second-order valence-corrected chi connectivity index (χ2v) is 5.53. The fourth-order valence-electron chi connectivity index (χ4n) is 2.88. The molecule has 0 saturated carbocycles. The third-order valence-electron chi connectivity index (χ3n) is 4.01. The predicted molar refractivity (Wildman–Crippen MR) is 82.7 cm³/mol. The molecule has 1 aromatic carbocycles. The van der Waals surface area contributed by atoms with Gasteiger partial charge < -0.3 is 10.5 Å². The summed E-state index contributed by atoms with van der Waals surface area (Å²) in [7, 11) is 1.73. The van der Waals surface area contributed by atoms with Crippen LogP contribution in [0.1, 0.15) is 62.3 Å². The molecule has 2 unspecified atom stereocenters. The van der Waals surface area contributed by atoms with Gasteiger partial charge in [0.25, 0.3) is 0 Å². The standard InChI is InChI=1S/C17H29NO/c1-6-8-9-14(7-2)17(18)16-13(4)10-12(3)11-15(16)19-5/h10-11,14,17H,6-9,18H2,1-5H3. The van der Waals surface area contributed by atoms with Crippen molar-refractivity contribution in [2.24, 2.45) is 11.7 Å². The van der Waals surface area contributed by atoms with Gasteiger partial charge in [-0.3, -0.25) is 0 Å². The molecule has 0 saturated heterocycles. The maximum Gasteiger partial charge on any atom is 0.124 e. The molecule has 19 heavy (non-hydrogen) atoms. The van der Waals surface area contributed by atoms with Crippen LogP contribution >= 0.6 is 0 Å². The van der Waals surface area contributed by atoms with Gasteiger partial charge >= 0.3 is 0 Å². The minimum atomic E-state index is 0.0760. The minimum Gasteiger partial charge on any atom is -0.496 e. The predicted octanol–water partition coefficient (Wildman–Crippen LogP) is 4.53. The molecule has 0 spiro atoms. The largest absolute Gasteiger partial charge is 0.496 e. The molecule has 1 aromatic rings. The first-order valence-corrected chi connectivity index (χ1v) is 7.45. The molecule has 0 aliphatic rings. The van der Waals surface area contributed by atoms with E-state index in [-0.39, 0.29) is 6.04 Å². The van der Waals surface area contributed by atoms with E-state index in [1.54, 1.807) is 7.11 Å². The Morgan fingerprint density at radius 3 is 2.42 bits per heavy atom. The first kappa shape index (κ1) is 16.0. The van der Waals surface area contributed by atoms with Gasteiger partial charge in [0.05, 0.1) is 7.11 Å². The van der Waals surface area contributed by atoms with Crippen molar-refractivity contribution in [3.05, 3.63) is 28.8 Å². The van der Waals surface area contributed by atoms with Gasteiger partial charge in [0.2, 0.25) is 0 Å². The van der Waals surface area contributed by atoms with E-state index in [1.807, 2.05) is 0 Å². The van der Waals surface area contributed by atoms with Crippen molar-refractivity contribution in [1.82, 2.24) is 0 Å². The Labute approximate surface area is 118 Å². The van der Waals surface area contributed by atoms with Crippen LogP contribution in [0.25, 0.3) is 0 Å². The first-order chi connectivity index (χ1) is 9.04. The number of methoxy groups -OCH3 is 1. The smallest absolute Gasteiger partial charge is 0.124 e. The van der Waals surface area contributed by atoms with Crippen LogP contribution in [0, 0.1) is 19.8 Å². The molecule has 0 fully saturated rings. The molecule has 2 N–H and O–H groups in total. The number of nitrogens with two attached hydrogens (primary N) is 1. The summed E-state index contributed by atoms with van der Waals surface area (Å²) in [6, 6.07) is 4.37. The van der Waals surface area contributed by atoms with Gasteiger partial charge in [-0.25, -0.2) is 0 Å². The van der Waals surface area contributed by atoms with E-state index in [0.29, 0.717) is 5.92 Å². The van der Waals surface area contributed by atoms with Crippen LogP contribution in [0.2, 0.25) is 0 Å². The number of ether oxygens (including phenoxy) is 1. The van der Waals surface area contributed by atoms with Crippen LogP contribution < -0.4 is 10.5 Å². The Hall–Kier alpha value is -1.02. The average molecular weight is 263 g/mol. The minimum absolute atomic E-state index is 0.0760. The molecule has 0 radical (unpaired) electrons. The summed E-state index contributed by atoms with van der Waals surface area (Å²) >= 11 is 0. The van der Waals surface area contributed by atoms with Crippen molar-refractivity contribution in [3.63, 3.8) is 0 Å². The van der Waals surface area contributed by atoms with Crippen molar-refractivity contribution in [2.75, 3.05) is 7.11 Å². The number of hydrogen-bond donors (Lipinski definition) is 1. The fraction of sp³-hybridized carbons (Fsp3) is 0.647. The van der Waals surface area contributed by atoms with E-state index in [1.165, 1.54) is 36.0 Å². The summed E-state index contributed by atoms with van der Waals surface area (Å²) in [5, 5.41) is 0. The van der Waals surface area contributed by atoms with Crippen LogP contribution in [0.3, 0.4) is 0 Å². The number of rotatable bonds is 7. The van der Waals surface area contributed by atoms with Crippen molar-refractivity contribution >= 4 is 0 Å². The summed E-state index contributed by atoms with van der Waals surface area (Å²) in [6.45, 7) is 8.70. The van der Waals surface area contributed by atoms with E-state index < -0.39 is 0 Å². The molecule has 0 aliphatic carbocycles. The van der Waals surface area contributed by atoms with E-state index >= 15 is 0 Å². The summed E-state index contributed by atoms with van der Waals surface area (Å²) in [5.74, 6) is 1.48. The third kappa shape index (κ3) is 3.97. The lowest BCUT2D eigenvalue weighted by Gasteiger charge is -2.26. The van der Waals surface area contributed by atoms with Crippen molar-refractivity contribution in [3.8, 4) is 5.75 Å². The van der Waals surface area contributed by atoms with Crippen molar-refractivity contribution in [2.45, 2.75) is 59.4 Å². The number of aryl methyl sites for hydroxylation is 2. The molecule has 108 valence electrons. The molecule has 2 nitrogen and oxygen atoms in total. The van der Waals surface area contributed by atoms with Gasteiger partial charge in [-0.05, 0) is 43.4 Å². The maximum absolute atomic E-state index is 6.54. The normalized spacial score (nSPS) is 14.2. The third-order valence-corrected chi connectivity index (χ3v) is 4.01. The Morgan fingerprint density at radius 2 is 1.89 bits per heavy atom. The van der Waals surface area contributed by atoms with Gasteiger partial charge in [-0.2, -0.15) is 0 Å². The number of unbranched alkanes of at least 4 members (excludes halogenated alkanes) is 1. The summed E-state index contributed by atoms with van der Waals surface area (Å²) in [4.78, 5) is 0. The van der Waals surface area contributed by atoms with Gasteiger partial charge in [-0.1, -0.05) is 39.2 Å². The molecular weight excluding hydrogens is 234 g/mol. The van der Waals surface area contributed by atoms with Crippen molar-refractivity contribution < 1.29 is 4.74 Å². The zero-order valence-electron chi connectivity index (χ0n) is 13.1. The summed E-state index contributed by atoms with van der Waals surface area (Å²) in [6.07, 6.45) is 4.80. The molecule has 2 atom stereocenters. The van der Waals surface area contributed by atoms with Gasteiger partial charge in [0, 0.05) is 11.6 Å². The number of hydrogen-bond acceptors (Lipinski definition) is 2. The maximum atomic E-state index is 6.54. The van der Waals surface area contributed by atoms with Gasteiger partial charge in [0.15, 0.2) is 0 Å². The zero-order chi connectivity index (χ0) is 14.4. The summed E-state index contributed by atoms with van der Waals surface area (Å²) in [5.41, 5.74) is 10.2. The fourth-order valence-corrected chi connectivity index (χ4v) is 2.88. The van der Waals surface area contributed by atoms with Crippen LogP contribution in [0.15, 0.2) is 12.1 Å². The Morgan fingerprint density at radius 1 is 1.21 bits per heavy atom. The monoisotopic (exact) mass is 263 g/mol. The Balaban J connectivity index is 3.05. The van der Waals surface area contributed by atoms with Crippen LogP contribution in [0.5, 0.6) is 5.75 Å². The molecular formula is C17H29NO. The molecule has 0 aromatic heterocycles. The highest BCUT2D eigenvalue weighted by molar-refractivity contribution is 5.45. The molecule has 0 heterocycles. The van der Waals surface area contributed by atoms with E-state index in [0.717, 1.165) is 12.2 Å². The Bertz CT molecular complexity index is 400. The highest BCUT2D eigenvalue weighted by Gasteiger charge is 2.22. The lowest BCUT2D eigenvalue weighted by atomic mass is 9.85. The first-order valence-electron chi connectivity index (χ1n) is 7.45. The van der Waals surface area contributed by atoms with Crippen LogP contribution in [-0.2, 0) is 0 Å². The molecule has 1 rings (SSSR count). The number of benzene rings is 1. The molecule has 0 aliphatic heterocycles. The van der Waals surface area contributed by atoms with Crippen molar-refractivity contribution in [1.29, 1.82) is 0 Å². The Kier molecular flexibility index (Phi) is 6.36. The second-order valence-electron chi connectivity index (χ2n) is 5.53. The average Bonchev–Trinajstić information content (AvgIpc) is 2.38. The summed E-state index contributed by atoms with van der Waals surface area (Å²) < 4.78 is 5.55. The SMILES string of the molecule is CCCCC(CC)C(N)c1c(C)cc(C)cc1OC. The highest BCUT2D eigenvalue weighted by atomic mass is 16.5. The highest BCUT2D eigenvalue weighted by Crippen LogP contribution is 2.35. The van der Waals surface area contributed by atoms with Crippen LogP contribution in [-0.4, -0.2) is 7.11 Å². The lowest BCUT2D eigenvalue weighted by molar-refractivity contribution is 0.355. The van der Waals surface area contributed by atoms with Crippen LogP contribution in [0.4, 0.5) is 0 Å². The van der Waals surface area contributed by atoms with E-state index in [4.69, 9.17) is 10.5 Å². The van der Waals surface area contributed by atoms with Gasteiger partial charge in [-0.15, -0.1) is 0 Å². The molecule has 0 amide bonds. The van der Waals surface area contributed by atoms with E-state index in [9.17, 15) is 0 Å². The topological polar surface area (TPSA) is 35.2 Å². The molecule has 2 heteroatoms. The molecule has 0 bridgehead atoms. The second kappa shape index (κ2) is 7.54. The zero-order valence-corrected chi connectivity index (χ0v) is 13.1.